The molecule has 4 rings (SSSR count). The van der Waals surface area contributed by atoms with Gasteiger partial charge in [0.25, 0.3) is 0 Å². The molecule has 0 amide bonds. The van der Waals surface area contributed by atoms with E-state index in [1.807, 2.05) is 0 Å². The van der Waals surface area contributed by atoms with Gasteiger partial charge in [-0.2, -0.15) is 0 Å². The maximum absolute atomic E-state index is 2.37. The molecule has 0 atom stereocenters. The number of anilines is 2. The summed E-state index contributed by atoms with van der Waals surface area (Å²) < 4.78 is 0. The lowest BCUT2D eigenvalue weighted by Crippen LogP contribution is -2.15. The minimum absolute atomic E-state index is 0.946. The van der Waals surface area contributed by atoms with E-state index in [1.165, 1.54) is 39.0 Å². The zero-order valence-electron chi connectivity index (χ0n) is 15.3. The molecule has 0 heterocycles. The van der Waals surface area contributed by atoms with Crippen molar-refractivity contribution < 1.29 is 0 Å². The molecule has 0 radical (unpaired) electrons. The smallest absolute Gasteiger partial charge is 0.0539 e. The monoisotopic (exact) mass is 337 g/mol. The van der Waals surface area contributed by atoms with Crippen LogP contribution in [-0.4, -0.2) is 0 Å². The SMILES string of the molecule is CC1=CCC=C(N(c2cccc(C)c2)c2cccc3ccccc23)C=C1. The predicted octanol–water partition coefficient (Wildman–Crippen LogP) is 7.08. The highest BCUT2D eigenvalue weighted by Crippen LogP contribution is 2.36. The van der Waals surface area contributed by atoms with E-state index >= 15 is 0 Å². The molecular weight excluding hydrogens is 314 g/mol. The summed E-state index contributed by atoms with van der Waals surface area (Å²) in [6.07, 6.45) is 9.94. The van der Waals surface area contributed by atoms with Crippen LogP contribution in [0.3, 0.4) is 0 Å². The van der Waals surface area contributed by atoms with Crippen LogP contribution in [0.1, 0.15) is 18.9 Å². The van der Waals surface area contributed by atoms with Crippen LogP contribution in [0.2, 0.25) is 0 Å². The molecule has 3 aromatic rings. The van der Waals surface area contributed by atoms with E-state index in [1.54, 1.807) is 0 Å². The molecular formula is C25H23N. The first-order chi connectivity index (χ1) is 12.7. The van der Waals surface area contributed by atoms with Crippen LogP contribution in [0.15, 0.2) is 102 Å². The Balaban J connectivity index is 1.94. The van der Waals surface area contributed by atoms with Gasteiger partial charge in [-0.3, -0.25) is 0 Å². The lowest BCUT2D eigenvalue weighted by Gasteiger charge is -2.28. The number of hydrogen-bond donors (Lipinski definition) is 0. The molecule has 0 bridgehead atoms. The van der Waals surface area contributed by atoms with Crippen molar-refractivity contribution in [3.63, 3.8) is 0 Å². The zero-order valence-corrected chi connectivity index (χ0v) is 15.3. The fraction of sp³-hybridized carbons (Fsp3) is 0.120. The highest BCUT2D eigenvalue weighted by molar-refractivity contribution is 5.97. The van der Waals surface area contributed by atoms with Crippen molar-refractivity contribution in [3.05, 3.63) is 108 Å². The Morgan fingerprint density at radius 2 is 1.58 bits per heavy atom. The zero-order chi connectivity index (χ0) is 17.9. The molecule has 0 saturated carbocycles. The molecule has 0 N–H and O–H groups in total. The number of aryl methyl sites for hydroxylation is 1. The third kappa shape index (κ3) is 3.21. The normalized spacial score (nSPS) is 13.9. The third-order valence-corrected chi connectivity index (χ3v) is 4.81. The van der Waals surface area contributed by atoms with Gasteiger partial charge in [-0.05, 0) is 55.5 Å². The molecule has 3 aromatic carbocycles. The average Bonchev–Trinajstić information content (AvgIpc) is 2.87. The molecule has 0 fully saturated rings. The molecule has 1 heteroatoms. The van der Waals surface area contributed by atoms with Crippen molar-refractivity contribution >= 4 is 22.1 Å². The summed E-state index contributed by atoms with van der Waals surface area (Å²) in [5.74, 6) is 0. The molecule has 1 aliphatic rings. The first-order valence-electron chi connectivity index (χ1n) is 9.12. The Morgan fingerprint density at radius 1 is 0.769 bits per heavy atom. The maximum atomic E-state index is 2.37. The Hall–Kier alpha value is -3.06. The summed E-state index contributed by atoms with van der Waals surface area (Å²) >= 11 is 0. The van der Waals surface area contributed by atoms with Gasteiger partial charge in [-0.15, -0.1) is 0 Å². The summed E-state index contributed by atoms with van der Waals surface area (Å²) in [5.41, 5.74) is 6.18. The lowest BCUT2D eigenvalue weighted by atomic mass is 10.1. The summed E-state index contributed by atoms with van der Waals surface area (Å²) in [4.78, 5) is 2.37. The van der Waals surface area contributed by atoms with Crippen molar-refractivity contribution in [2.24, 2.45) is 0 Å². The van der Waals surface area contributed by atoms with E-state index in [-0.39, 0.29) is 0 Å². The minimum Gasteiger partial charge on any atom is -0.310 e. The van der Waals surface area contributed by atoms with Gasteiger partial charge in [0.05, 0.1) is 5.69 Å². The molecule has 0 saturated heterocycles. The maximum Gasteiger partial charge on any atom is 0.0539 e. The lowest BCUT2D eigenvalue weighted by molar-refractivity contribution is 1.19. The Bertz CT molecular complexity index is 1030. The fourth-order valence-corrected chi connectivity index (χ4v) is 3.48. The van der Waals surface area contributed by atoms with Gasteiger partial charge >= 0.3 is 0 Å². The van der Waals surface area contributed by atoms with Crippen LogP contribution in [0.25, 0.3) is 10.8 Å². The quantitative estimate of drug-likeness (QED) is 0.493. The van der Waals surface area contributed by atoms with Crippen molar-refractivity contribution in [1.82, 2.24) is 0 Å². The van der Waals surface area contributed by atoms with Crippen molar-refractivity contribution in [2.45, 2.75) is 20.3 Å². The van der Waals surface area contributed by atoms with E-state index in [9.17, 15) is 0 Å². The van der Waals surface area contributed by atoms with Crippen LogP contribution in [-0.2, 0) is 0 Å². The van der Waals surface area contributed by atoms with Gasteiger partial charge in [0.2, 0.25) is 0 Å². The second kappa shape index (κ2) is 7.05. The first-order valence-corrected chi connectivity index (χ1v) is 9.12. The van der Waals surface area contributed by atoms with E-state index < -0.39 is 0 Å². The van der Waals surface area contributed by atoms with E-state index in [2.05, 4.69) is 110 Å². The van der Waals surface area contributed by atoms with Gasteiger partial charge in [-0.25, -0.2) is 0 Å². The summed E-state index contributed by atoms with van der Waals surface area (Å²) in [6, 6.07) is 23.8. The van der Waals surface area contributed by atoms with Gasteiger partial charge < -0.3 is 4.90 Å². The van der Waals surface area contributed by atoms with E-state index in [0.29, 0.717) is 0 Å². The molecule has 128 valence electrons. The van der Waals surface area contributed by atoms with E-state index in [0.717, 1.165) is 6.42 Å². The first kappa shape index (κ1) is 16.4. The second-order valence-electron chi connectivity index (χ2n) is 6.82. The molecule has 0 aliphatic heterocycles. The second-order valence-corrected chi connectivity index (χ2v) is 6.82. The third-order valence-electron chi connectivity index (χ3n) is 4.81. The van der Waals surface area contributed by atoms with E-state index in [4.69, 9.17) is 0 Å². The summed E-state index contributed by atoms with van der Waals surface area (Å²) in [6.45, 7) is 4.30. The van der Waals surface area contributed by atoms with Gasteiger partial charge in [0, 0.05) is 16.8 Å². The van der Waals surface area contributed by atoms with Gasteiger partial charge in [0.1, 0.15) is 0 Å². The number of hydrogen-bond acceptors (Lipinski definition) is 1. The number of fused-ring (bicyclic) bond motifs is 1. The highest BCUT2D eigenvalue weighted by atomic mass is 15.1. The summed E-state index contributed by atoms with van der Waals surface area (Å²) in [7, 11) is 0. The van der Waals surface area contributed by atoms with Crippen LogP contribution in [0.4, 0.5) is 11.4 Å². The largest absolute Gasteiger partial charge is 0.310 e. The Morgan fingerprint density at radius 3 is 2.46 bits per heavy atom. The van der Waals surface area contributed by atoms with Crippen molar-refractivity contribution in [2.75, 3.05) is 4.90 Å². The average molecular weight is 337 g/mol. The number of nitrogens with zero attached hydrogens (tertiary/aromatic N) is 1. The standard InChI is InChI=1S/C25H23N/c1-19-8-5-12-22(17-16-19)26(23-13-6-9-20(2)18-23)25-15-7-11-21-10-3-4-14-24(21)25/h3-4,6-18H,5H2,1-2H3. The summed E-state index contributed by atoms with van der Waals surface area (Å²) in [5, 5.41) is 2.52. The van der Waals surface area contributed by atoms with Crippen LogP contribution < -0.4 is 4.90 Å². The Kier molecular flexibility index (Phi) is 4.45. The van der Waals surface area contributed by atoms with Crippen molar-refractivity contribution in [3.8, 4) is 0 Å². The topological polar surface area (TPSA) is 3.24 Å². The van der Waals surface area contributed by atoms with Crippen LogP contribution in [0.5, 0.6) is 0 Å². The van der Waals surface area contributed by atoms with Gasteiger partial charge in [0.15, 0.2) is 0 Å². The number of benzene rings is 3. The molecule has 0 unspecified atom stereocenters. The Labute approximate surface area is 155 Å². The number of allylic oxidation sites excluding steroid dienone is 5. The molecule has 0 spiro atoms. The van der Waals surface area contributed by atoms with Crippen molar-refractivity contribution in [1.29, 1.82) is 0 Å². The molecule has 0 aromatic heterocycles. The number of rotatable bonds is 3. The predicted molar refractivity (Wildman–Crippen MR) is 113 cm³/mol. The van der Waals surface area contributed by atoms with Crippen LogP contribution in [0, 0.1) is 6.92 Å². The van der Waals surface area contributed by atoms with Gasteiger partial charge in [-0.1, -0.05) is 72.3 Å². The van der Waals surface area contributed by atoms with Crippen LogP contribution >= 0.6 is 0 Å². The molecule has 26 heavy (non-hydrogen) atoms. The minimum atomic E-state index is 0.946. The highest BCUT2D eigenvalue weighted by Gasteiger charge is 2.16. The fourth-order valence-electron chi connectivity index (χ4n) is 3.48. The molecule has 1 aliphatic carbocycles. The molecule has 1 nitrogen and oxygen atoms in total.